The van der Waals surface area contributed by atoms with Gasteiger partial charge in [0, 0.05) is 32.2 Å². The minimum absolute atomic E-state index is 0.183. The molecule has 4 heteroatoms. The summed E-state index contributed by atoms with van der Waals surface area (Å²) in [5.41, 5.74) is 0. The largest absolute Gasteiger partial charge is 0.377 e. The van der Waals surface area contributed by atoms with E-state index in [1.807, 2.05) is 11.8 Å². The Morgan fingerprint density at radius 3 is 3.12 bits per heavy atom. The highest BCUT2D eigenvalue weighted by molar-refractivity contribution is 5.77. The Morgan fingerprint density at radius 2 is 2.38 bits per heavy atom. The molecule has 0 bridgehead atoms. The standard InChI is InChI=1S/C12H22N2O2/c1-10-9-14(6-3-7-16-10)12(15)8-11-4-2-5-13-11/h10-11,13H,2-9H2,1H3. The fraction of sp³-hybridized carbons (Fsp3) is 0.917. The van der Waals surface area contributed by atoms with Gasteiger partial charge in [-0.15, -0.1) is 0 Å². The summed E-state index contributed by atoms with van der Waals surface area (Å²) in [5, 5.41) is 3.37. The average Bonchev–Trinajstić information content (AvgIpc) is 2.65. The molecule has 2 saturated heterocycles. The first-order valence-electron chi connectivity index (χ1n) is 6.38. The van der Waals surface area contributed by atoms with Crippen LogP contribution in [0, 0.1) is 0 Å². The molecule has 0 aromatic carbocycles. The summed E-state index contributed by atoms with van der Waals surface area (Å²) in [6, 6.07) is 0.409. The Hall–Kier alpha value is -0.610. The Bertz CT molecular complexity index is 239. The molecule has 0 aliphatic carbocycles. The zero-order chi connectivity index (χ0) is 11.4. The van der Waals surface area contributed by atoms with Crippen molar-refractivity contribution in [1.82, 2.24) is 10.2 Å². The van der Waals surface area contributed by atoms with Gasteiger partial charge in [-0.2, -0.15) is 0 Å². The fourth-order valence-electron chi connectivity index (χ4n) is 2.49. The van der Waals surface area contributed by atoms with Crippen LogP contribution < -0.4 is 5.32 Å². The molecule has 2 unspecified atom stereocenters. The molecule has 1 N–H and O–H groups in total. The molecule has 16 heavy (non-hydrogen) atoms. The summed E-state index contributed by atoms with van der Waals surface area (Å²) in [7, 11) is 0. The zero-order valence-corrected chi connectivity index (χ0v) is 10.1. The highest BCUT2D eigenvalue weighted by Gasteiger charge is 2.24. The van der Waals surface area contributed by atoms with E-state index in [0.29, 0.717) is 12.5 Å². The second-order valence-corrected chi connectivity index (χ2v) is 4.87. The molecule has 0 spiro atoms. The molecule has 2 rings (SSSR count). The summed E-state index contributed by atoms with van der Waals surface area (Å²) in [5.74, 6) is 0.289. The first-order chi connectivity index (χ1) is 7.75. The van der Waals surface area contributed by atoms with E-state index < -0.39 is 0 Å². The van der Waals surface area contributed by atoms with Gasteiger partial charge in [0.25, 0.3) is 0 Å². The SMILES string of the molecule is CC1CN(C(=O)CC2CCCN2)CCCO1. The van der Waals surface area contributed by atoms with Crippen LogP contribution in [0.5, 0.6) is 0 Å². The molecule has 2 fully saturated rings. The van der Waals surface area contributed by atoms with E-state index in [2.05, 4.69) is 5.32 Å². The topological polar surface area (TPSA) is 41.6 Å². The van der Waals surface area contributed by atoms with Gasteiger partial charge in [-0.25, -0.2) is 0 Å². The third kappa shape index (κ3) is 3.19. The lowest BCUT2D eigenvalue weighted by Gasteiger charge is -2.23. The van der Waals surface area contributed by atoms with Crippen LogP contribution in [0.4, 0.5) is 0 Å². The van der Waals surface area contributed by atoms with Crippen molar-refractivity contribution >= 4 is 5.91 Å². The summed E-state index contributed by atoms with van der Waals surface area (Å²) in [6.45, 7) is 5.50. The fourth-order valence-corrected chi connectivity index (χ4v) is 2.49. The maximum Gasteiger partial charge on any atom is 0.224 e. The Kier molecular flexibility index (Phi) is 4.18. The van der Waals surface area contributed by atoms with Crippen LogP contribution >= 0.6 is 0 Å². The summed E-state index contributed by atoms with van der Waals surface area (Å²) >= 11 is 0. The van der Waals surface area contributed by atoms with E-state index in [-0.39, 0.29) is 12.0 Å². The van der Waals surface area contributed by atoms with Gasteiger partial charge in [0.15, 0.2) is 0 Å². The van der Waals surface area contributed by atoms with Gasteiger partial charge >= 0.3 is 0 Å². The van der Waals surface area contributed by atoms with Gasteiger partial charge in [-0.05, 0) is 32.7 Å². The Balaban J connectivity index is 1.82. The predicted octanol–water partition coefficient (Wildman–Crippen LogP) is 0.766. The lowest BCUT2D eigenvalue weighted by atomic mass is 10.1. The van der Waals surface area contributed by atoms with E-state index >= 15 is 0 Å². The van der Waals surface area contributed by atoms with E-state index in [4.69, 9.17) is 4.74 Å². The quantitative estimate of drug-likeness (QED) is 0.756. The van der Waals surface area contributed by atoms with Gasteiger partial charge in [0.1, 0.15) is 0 Å². The normalized spacial score (nSPS) is 31.4. The number of rotatable bonds is 2. The van der Waals surface area contributed by atoms with Gasteiger partial charge in [-0.3, -0.25) is 4.79 Å². The predicted molar refractivity (Wildman–Crippen MR) is 62.3 cm³/mol. The lowest BCUT2D eigenvalue weighted by molar-refractivity contribution is -0.132. The third-order valence-electron chi connectivity index (χ3n) is 3.39. The second kappa shape index (κ2) is 5.64. The monoisotopic (exact) mass is 226 g/mol. The first-order valence-corrected chi connectivity index (χ1v) is 6.38. The smallest absolute Gasteiger partial charge is 0.224 e. The number of nitrogens with zero attached hydrogens (tertiary/aromatic N) is 1. The molecule has 0 saturated carbocycles. The molecule has 2 heterocycles. The van der Waals surface area contributed by atoms with Gasteiger partial charge in [0.05, 0.1) is 6.10 Å². The van der Waals surface area contributed by atoms with Crippen LogP contribution in [0.3, 0.4) is 0 Å². The molecule has 0 aromatic heterocycles. The van der Waals surface area contributed by atoms with Crippen LogP contribution in [0.2, 0.25) is 0 Å². The molecule has 2 aliphatic rings. The number of amides is 1. The van der Waals surface area contributed by atoms with Gasteiger partial charge in [-0.1, -0.05) is 0 Å². The van der Waals surface area contributed by atoms with Gasteiger partial charge < -0.3 is 15.0 Å². The number of hydrogen-bond donors (Lipinski definition) is 1. The van der Waals surface area contributed by atoms with Crippen molar-refractivity contribution in [3.63, 3.8) is 0 Å². The summed E-state index contributed by atoms with van der Waals surface area (Å²) in [4.78, 5) is 14.1. The molecule has 4 nitrogen and oxygen atoms in total. The first kappa shape index (κ1) is 11.9. The van der Waals surface area contributed by atoms with Crippen LogP contribution in [0.15, 0.2) is 0 Å². The van der Waals surface area contributed by atoms with E-state index in [9.17, 15) is 4.79 Å². The number of hydrogen-bond acceptors (Lipinski definition) is 3. The second-order valence-electron chi connectivity index (χ2n) is 4.87. The summed E-state index contributed by atoms with van der Waals surface area (Å²) in [6.07, 6.45) is 4.16. The molecular formula is C12H22N2O2. The number of ether oxygens (including phenoxy) is 1. The highest BCUT2D eigenvalue weighted by Crippen LogP contribution is 2.13. The van der Waals surface area contributed by atoms with Gasteiger partial charge in [0.2, 0.25) is 5.91 Å². The van der Waals surface area contributed by atoms with Crippen molar-refractivity contribution < 1.29 is 9.53 Å². The van der Waals surface area contributed by atoms with E-state index in [1.165, 1.54) is 6.42 Å². The van der Waals surface area contributed by atoms with Crippen molar-refractivity contribution in [2.45, 2.75) is 44.8 Å². The maximum atomic E-state index is 12.1. The molecule has 0 aromatic rings. The summed E-state index contributed by atoms with van der Waals surface area (Å²) < 4.78 is 5.54. The Labute approximate surface area is 97.3 Å². The minimum atomic E-state index is 0.183. The molecular weight excluding hydrogens is 204 g/mol. The van der Waals surface area contributed by atoms with Crippen molar-refractivity contribution in [3.8, 4) is 0 Å². The number of nitrogens with one attached hydrogen (secondary N) is 1. The van der Waals surface area contributed by atoms with Crippen LogP contribution in [-0.2, 0) is 9.53 Å². The zero-order valence-electron chi connectivity index (χ0n) is 10.1. The van der Waals surface area contributed by atoms with Crippen molar-refractivity contribution in [1.29, 1.82) is 0 Å². The van der Waals surface area contributed by atoms with Crippen molar-refractivity contribution in [3.05, 3.63) is 0 Å². The molecule has 92 valence electrons. The number of carbonyl (C=O) groups is 1. The van der Waals surface area contributed by atoms with Crippen LogP contribution in [0.1, 0.15) is 32.6 Å². The molecule has 0 radical (unpaired) electrons. The lowest BCUT2D eigenvalue weighted by Crippen LogP contribution is -2.39. The van der Waals surface area contributed by atoms with Crippen LogP contribution in [0.25, 0.3) is 0 Å². The van der Waals surface area contributed by atoms with Crippen LogP contribution in [-0.4, -0.2) is 49.2 Å². The van der Waals surface area contributed by atoms with Crippen molar-refractivity contribution in [2.24, 2.45) is 0 Å². The van der Waals surface area contributed by atoms with E-state index in [1.54, 1.807) is 0 Å². The minimum Gasteiger partial charge on any atom is -0.377 e. The number of carbonyl (C=O) groups excluding carboxylic acids is 1. The Morgan fingerprint density at radius 1 is 1.50 bits per heavy atom. The van der Waals surface area contributed by atoms with E-state index in [0.717, 1.165) is 39.1 Å². The molecule has 2 aliphatic heterocycles. The highest BCUT2D eigenvalue weighted by atomic mass is 16.5. The maximum absolute atomic E-state index is 12.1. The molecule has 1 amide bonds. The molecule has 2 atom stereocenters. The third-order valence-corrected chi connectivity index (χ3v) is 3.39. The van der Waals surface area contributed by atoms with Crippen molar-refractivity contribution in [2.75, 3.05) is 26.2 Å². The average molecular weight is 226 g/mol.